The standard InChI is InChI=1S/C13H24N2O/c1-12(15-8-10-16-11-9-15)13(14-2)6-4-3-5-7-13/h14H,1,3-11H2,2H3. The van der Waals surface area contributed by atoms with Crippen LogP contribution in [0.5, 0.6) is 0 Å². The smallest absolute Gasteiger partial charge is 0.0642 e. The third kappa shape index (κ3) is 2.25. The van der Waals surface area contributed by atoms with Crippen molar-refractivity contribution in [1.29, 1.82) is 0 Å². The van der Waals surface area contributed by atoms with Gasteiger partial charge in [-0.2, -0.15) is 0 Å². The van der Waals surface area contributed by atoms with Crippen molar-refractivity contribution in [2.24, 2.45) is 0 Å². The number of nitrogens with one attached hydrogen (secondary N) is 1. The number of hydrogen-bond donors (Lipinski definition) is 1. The number of hydrogen-bond acceptors (Lipinski definition) is 3. The molecule has 16 heavy (non-hydrogen) atoms. The van der Waals surface area contributed by atoms with Crippen LogP contribution in [-0.4, -0.2) is 43.8 Å². The molecular weight excluding hydrogens is 200 g/mol. The molecule has 2 aliphatic rings. The van der Waals surface area contributed by atoms with E-state index in [2.05, 4.69) is 23.8 Å². The van der Waals surface area contributed by atoms with Crippen LogP contribution in [0.15, 0.2) is 12.3 Å². The lowest BCUT2D eigenvalue weighted by molar-refractivity contribution is 0.0424. The van der Waals surface area contributed by atoms with Crippen molar-refractivity contribution in [2.45, 2.75) is 37.6 Å². The van der Waals surface area contributed by atoms with Gasteiger partial charge in [0.15, 0.2) is 0 Å². The highest BCUT2D eigenvalue weighted by atomic mass is 16.5. The molecule has 2 rings (SSSR count). The molecule has 3 nitrogen and oxygen atoms in total. The van der Waals surface area contributed by atoms with Crippen molar-refractivity contribution in [3.05, 3.63) is 12.3 Å². The Kier molecular flexibility index (Phi) is 3.87. The molecule has 0 spiro atoms. The molecule has 0 aromatic carbocycles. The van der Waals surface area contributed by atoms with Crippen LogP contribution in [0, 0.1) is 0 Å². The molecule has 92 valence electrons. The molecule has 1 saturated carbocycles. The van der Waals surface area contributed by atoms with E-state index in [1.165, 1.54) is 37.8 Å². The van der Waals surface area contributed by atoms with Gasteiger partial charge in [0.2, 0.25) is 0 Å². The summed E-state index contributed by atoms with van der Waals surface area (Å²) >= 11 is 0. The predicted molar refractivity (Wildman–Crippen MR) is 66.4 cm³/mol. The van der Waals surface area contributed by atoms with Crippen LogP contribution in [0.1, 0.15) is 32.1 Å². The second-order valence-corrected chi connectivity index (χ2v) is 4.94. The highest BCUT2D eigenvalue weighted by Gasteiger charge is 2.36. The Morgan fingerprint density at radius 1 is 1.19 bits per heavy atom. The fourth-order valence-corrected chi connectivity index (χ4v) is 2.97. The van der Waals surface area contributed by atoms with E-state index in [-0.39, 0.29) is 5.54 Å². The van der Waals surface area contributed by atoms with Crippen LogP contribution in [0.4, 0.5) is 0 Å². The third-order valence-corrected chi connectivity index (χ3v) is 4.13. The number of ether oxygens (including phenoxy) is 1. The van der Waals surface area contributed by atoms with Gasteiger partial charge in [-0.25, -0.2) is 0 Å². The molecule has 2 fully saturated rings. The average molecular weight is 224 g/mol. The molecule has 0 atom stereocenters. The van der Waals surface area contributed by atoms with Gasteiger partial charge in [-0.05, 0) is 19.9 Å². The summed E-state index contributed by atoms with van der Waals surface area (Å²) in [7, 11) is 2.08. The quantitative estimate of drug-likeness (QED) is 0.790. The van der Waals surface area contributed by atoms with Crippen molar-refractivity contribution in [2.75, 3.05) is 33.4 Å². The zero-order chi connectivity index (χ0) is 11.4. The first kappa shape index (κ1) is 11.9. The van der Waals surface area contributed by atoms with Crippen LogP contribution in [-0.2, 0) is 4.74 Å². The number of rotatable bonds is 3. The zero-order valence-corrected chi connectivity index (χ0v) is 10.4. The van der Waals surface area contributed by atoms with Crippen LogP contribution < -0.4 is 5.32 Å². The fraction of sp³-hybridized carbons (Fsp3) is 0.846. The summed E-state index contributed by atoms with van der Waals surface area (Å²) in [5, 5.41) is 3.53. The van der Waals surface area contributed by atoms with Gasteiger partial charge in [-0.15, -0.1) is 0 Å². The largest absolute Gasteiger partial charge is 0.378 e. The van der Waals surface area contributed by atoms with E-state index < -0.39 is 0 Å². The molecule has 0 radical (unpaired) electrons. The van der Waals surface area contributed by atoms with Crippen LogP contribution in [0.25, 0.3) is 0 Å². The molecule has 3 heteroatoms. The summed E-state index contributed by atoms with van der Waals surface area (Å²) < 4.78 is 5.40. The Bertz CT molecular complexity index is 240. The summed E-state index contributed by atoms with van der Waals surface area (Å²) in [5.74, 6) is 0. The lowest BCUT2D eigenvalue weighted by Gasteiger charge is -2.45. The van der Waals surface area contributed by atoms with E-state index in [1.54, 1.807) is 0 Å². The van der Waals surface area contributed by atoms with Gasteiger partial charge in [0.25, 0.3) is 0 Å². The van der Waals surface area contributed by atoms with E-state index in [1.807, 2.05) is 0 Å². The molecule has 1 saturated heterocycles. The van der Waals surface area contributed by atoms with Crippen molar-refractivity contribution in [3.63, 3.8) is 0 Å². The van der Waals surface area contributed by atoms with E-state index in [0.29, 0.717) is 0 Å². The molecule has 0 aromatic rings. The van der Waals surface area contributed by atoms with Gasteiger partial charge in [0, 0.05) is 18.8 Å². The Hall–Kier alpha value is -0.540. The van der Waals surface area contributed by atoms with Crippen molar-refractivity contribution >= 4 is 0 Å². The topological polar surface area (TPSA) is 24.5 Å². The molecule has 1 N–H and O–H groups in total. The normalized spacial score (nSPS) is 25.4. The first-order chi connectivity index (χ1) is 7.78. The maximum absolute atomic E-state index is 5.40. The van der Waals surface area contributed by atoms with E-state index in [9.17, 15) is 0 Å². The number of nitrogens with zero attached hydrogens (tertiary/aromatic N) is 1. The Morgan fingerprint density at radius 2 is 1.81 bits per heavy atom. The van der Waals surface area contributed by atoms with Gasteiger partial charge in [-0.1, -0.05) is 25.8 Å². The summed E-state index contributed by atoms with van der Waals surface area (Å²) in [6.45, 7) is 8.05. The number of morpholine rings is 1. The van der Waals surface area contributed by atoms with Crippen LogP contribution >= 0.6 is 0 Å². The fourth-order valence-electron chi connectivity index (χ4n) is 2.97. The molecule has 1 aliphatic carbocycles. The first-order valence-corrected chi connectivity index (χ1v) is 6.49. The highest BCUT2D eigenvalue weighted by molar-refractivity contribution is 5.17. The highest BCUT2D eigenvalue weighted by Crippen LogP contribution is 2.34. The Labute approximate surface area is 98.8 Å². The molecular formula is C13H24N2O. The van der Waals surface area contributed by atoms with Crippen molar-refractivity contribution < 1.29 is 4.74 Å². The molecule has 0 amide bonds. The van der Waals surface area contributed by atoms with Gasteiger partial charge in [0.05, 0.1) is 18.8 Å². The molecule has 0 unspecified atom stereocenters. The minimum atomic E-state index is 0.162. The Morgan fingerprint density at radius 3 is 2.38 bits per heavy atom. The SMILES string of the molecule is C=C(N1CCOCC1)C1(NC)CCCCC1. The van der Waals surface area contributed by atoms with Gasteiger partial charge < -0.3 is 15.0 Å². The minimum absolute atomic E-state index is 0.162. The van der Waals surface area contributed by atoms with Gasteiger partial charge in [-0.3, -0.25) is 0 Å². The molecule has 0 aromatic heterocycles. The average Bonchev–Trinajstić information content (AvgIpc) is 2.39. The summed E-state index contributed by atoms with van der Waals surface area (Å²) in [6, 6.07) is 0. The number of likely N-dealkylation sites (N-methyl/N-ethyl adjacent to an activating group) is 1. The zero-order valence-electron chi connectivity index (χ0n) is 10.4. The van der Waals surface area contributed by atoms with Gasteiger partial charge >= 0.3 is 0 Å². The lowest BCUT2D eigenvalue weighted by Crippen LogP contribution is -2.52. The molecule has 1 heterocycles. The lowest BCUT2D eigenvalue weighted by atomic mass is 9.79. The van der Waals surface area contributed by atoms with E-state index in [0.717, 1.165) is 26.3 Å². The second kappa shape index (κ2) is 5.19. The van der Waals surface area contributed by atoms with Crippen LogP contribution in [0.3, 0.4) is 0 Å². The maximum atomic E-state index is 5.40. The maximum Gasteiger partial charge on any atom is 0.0642 e. The predicted octanol–water partition coefficient (Wildman–Crippen LogP) is 1.75. The first-order valence-electron chi connectivity index (χ1n) is 6.49. The van der Waals surface area contributed by atoms with E-state index >= 15 is 0 Å². The monoisotopic (exact) mass is 224 g/mol. The van der Waals surface area contributed by atoms with Crippen molar-refractivity contribution in [1.82, 2.24) is 10.2 Å². The summed E-state index contributed by atoms with van der Waals surface area (Å²) in [4.78, 5) is 2.41. The van der Waals surface area contributed by atoms with Gasteiger partial charge in [0.1, 0.15) is 0 Å². The van der Waals surface area contributed by atoms with Crippen molar-refractivity contribution in [3.8, 4) is 0 Å². The van der Waals surface area contributed by atoms with Crippen LogP contribution in [0.2, 0.25) is 0 Å². The molecule has 0 bridgehead atoms. The summed E-state index contributed by atoms with van der Waals surface area (Å²) in [6.07, 6.45) is 6.49. The summed E-state index contributed by atoms with van der Waals surface area (Å²) in [5.41, 5.74) is 1.45. The minimum Gasteiger partial charge on any atom is -0.378 e. The van der Waals surface area contributed by atoms with E-state index in [4.69, 9.17) is 4.74 Å². The Balaban J connectivity index is 2.04. The second-order valence-electron chi connectivity index (χ2n) is 4.94. The third-order valence-electron chi connectivity index (χ3n) is 4.13. The molecule has 1 aliphatic heterocycles.